The van der Waals surface area contributed by atoms with E-state index in [2.05, 4.69) is 10.3 Å². The maximum Gasteiger partial charge on any atom is 0.416 e. The van der Waals surface area contributed by atoms with Crippen LogP contribution in [-0.2, 0) is 25.2 Å². The monoisotopic (exact) mass is 478 g/mol. The SMILES string of the molecule is CC(OC(=O)c1ccc(N2CCOCC2)nc1)C(=O)N1CC(=O)Nc2cc(C(F)(F)F)ccc21. The number of carbonyl (C=O) groups is 3. The molecule has 0 radical (unpaired) electrons. The number of rotatable bonds is 4. The van der Waals surface area contributed by atoms with E-state index in [9.17, 15) is 27.6 Å². The number of ether oxygens (including phenoxy) is 2. The number of halogens is 3. The van der Waals surface area contributed by atoms with Crippen molar-refractivity contribution in [1.29, 1.82) is 0 Å². The molecule has 1 saturated heterocycles. The summed E-state index contributed by atoms with van der Waals surface area (Å²) in [6.07, 6.45) is -4.57. The lowest BCUT2D eigenvalue weighted by Crippen LogP contribution is -2.47. The minimum absolute atomic E-state index is 0.0806. The van der Waals surface area contributed by atoms with E-state index in [-0.39, 0.29) is 16.9 Å². The van der Waals surface area contributed by atoms with Gasteiger partial charge in [-0.3, -0.25) is 14.5 Å². The van der Waals surface area contributed by atoms with Crippen molar-refractivity contribution >= 4 is 35.0 Å². The maximum absolute atomic E-state index is 13.0. The minimum atomic E-state index is -4.61. The minimum Gasteiger partial charge on any atom is -0.449 e. The Morgan fingerprint density at radius 3 is 2.56 bits per heavy atom. The molecule has 2 aromatic rings. The fourth-order valence-corrected chi connectivity index (χ4v) is 3.65. The highest BCUT2D eigenvalue weighted by Gasteiger charge is 2.35. The summed E-state index contributed by atoms with van der Waals surface area (Å²) < 4.78 is 49.6. The molecule has 1 aromatic heterocycles. The Labute approximate surface area is 192 Å². The molecule has 1 unspecified atom stereocenters. The van der Waals surface area contributed by atoms with Crippen LogP contribution in [0.3, 0.4) is 0 Å². The van der Waals surface area contributed by atoms with Crippen LogP contribution in [0.2, 0.25) is 0 Å². The van der Waals surface area contributed by atoms with Gasteiger partial charge in [0.25, 0.3) is 5.91 Å². The number of carbonyl (C=O) groups excluding carboxylic acids is 3. The second kappa shape index (κ2) is 9.29. The molecule has 2 aliphatic rings. The van der Waals surface area contributed by atoms with Crippen molar-refractivity contribution in [3.05, 3.63) is 47.7 Å². The average Bonchev–Trinajstić information content (AvgIpc) is 2.82. The third-order valence-corrected chi connectivity index (χ3v) is 5.41. The number of pyridine rings is 1. The number of nitrogens with one attached hydrogen (secondary N) is 1. The first-order valence-corrected chi connectivity index (χ1v) is 10.5. The van der Waals surface area contributed by atoms with Crippen molar-refractivity contribution in [2.75, 3.05) is 48.0 Å². The van der Waals surface area contributed by atoms with Gasteiger partial charge in [0.1, 0.15) is 12.4 Å². The second-order valence-electron chi connectivity index (χ2n) is 7.75. The molecule has 1 atom stereocenters. The maximum atomic E-state index is 13.0. The van der Waals surface area contributed by atoms with Gasteiger partial charge in [0.15, 0.2) is 6.10 Å². The largest absolute Gasteiger partial charge is 0.449 e. The molecule has 3 heterocycles. The van der Waals surface area contributed by atoms with Crippen LogP contribution in [-0.4, -0.2) is 61.7 Å². The number of nitrogens with zero attached hydrogens (tertiary/aromatic N) is 3. The number of hydrogen-bond donors (Lipinski definition) is 1. The van der Waals surface area contributed by atoms with Crippen molar-refractivity contribution in [2.24, 2.45) is 0 Å². The van der Waals surface area contributed by atoms with E-state index in [1.54, 1.807) is 6.07 Å². The highest BCUT2D eigenvalue weighted by molar-refractivity contribution is 6.11. The molecular weight excluding hydrogens is 457 g/mol. The lowest BCUT2D eigenvalue weighted by Gasteiger charge is -2.31. The van der Waals surface area contributed by atoms with Gasteiger partial charge in [-0.15, -0.1) is 0 Å². The number of amides is 2. The summed E-state index contributed by atoms with van der Waals surface area (Å²) in [7, 11) is 0. The Balaban J connectivity index is 1.45. The van der Waals surface area contributed by atoms with Crippen molar-refractivity contribution in [3.8, 4) is 0 Å². The molecule has 0 bridgehead atoms. The van der Waals surface area contributed by atoms with E-state index in [4.69, 9.17) is 9.47 Å². The summed E-state index contributed by atoms with van der Waals surface area (Å²) in [4.78, 5) is 44.7. The number of fused-ring (bicyclic) bond motifs is 1. The van der Waals surface area contributed by atoms with Gasteiger partial charge in [-0.2, -0.15) is 13.2 Å². The summed E-state index contributed by atoms with van der Waals surface area (Å²) in [6, 6.07) is 5.86. The van der Waals surface area contributed by atoms with E-state index in [0.717, 1.165) is 23.1 Å². The lowest BCUT2D eigenvalue weighted by molar-refractivity contribution is -0.137. The standard InChI is InChI=1S/C22H21F3N4O5/c1-13(34-21(32)14-2-5-18(26-11-14)28-6-8-33-9-7-28)20(31)29-12-19(30)27-16-10-15(22(23,24)25)3-4-17(16)29/h2-5,10-11,13H,6-9,12H2,1H3,(H,27,30). The summed E-state index contributed by atoms with van der Waals surface area (Å²) in [5.41, 5.74) is -0.908. The molecule has 0 saturated carbocycles. The third kappa shape index (κ3) is 4.96. The molecule has 1 aromatic carbocycles. The molecule has 1 N–H and O–H groups in total. The molecule has 4 rings (SSSR count). The molecule has 2 aliphatic heterocycles. The average molecular weight is 478 g/mol. The predicted molar refractivity (Wildman–Crippen MR) is 115 cm³/mol. The smallest absolute Gasteiger partial charge is 0.416 e. The number of anilines is 3. The first-order chi connectivity index (χ1) is 16.1. The van der Waals surface area contributed by atoms with Crippen LogP contribution in [0.25, 0.3) is 0 Å². The Kier molecular flexibility index (Phi) is 6.42. The second-order valence-corrected chi connectivity index (χ2v) is 7.75. The zero-order chi connectivity index (χ0) is 24.5. The zero-order valence-corrected chi connectivity index (χ0v) is 18.1. The molecule has 12 heteroatoms. The Hall–Kier alpha value is -3.67. The van der Waals surface area contributed by atoms with Crippen LogP contribution >= 0.6 is 0 Å². The predicted octanol–water partition coefficient (Wildman–Crippen LogP) is 2.47. The number of benzene rings is 1. The van der Waals surface area contributed by atoms with Gasteiger partial charge in [0.05, 0.1) is 35.7 Å². The molecular formula is C22H21F3N4O5. The summed E-state index contributed by atoms with van der Waals surface area (Å²) in [6.45, 7) is 3.43. The van der Waals surface area contributed by atoms with Crippen molar-refractivity contribution in [1.82, 2.24) is 4.98 Å². The highest BCUT2D eigenvalue weighted by Crippen LogP contribution is 2.37. The van der Waals surface area contributed by atoms with E-state index in [0.29, 0.717) is 32.1 Å². The molecule has 1 fully saturated rings. The van der Waals surface area contributed by atoms with Crippen LogP contribution in [0.5, 0.6) is 0 Å². The third-order valence-electron chi connectivity index (χ3n) is 5.41. The van der Waals surface area contributed by atoms with E-state index < -0.39 is 42.2 Å². The van der Waals surface area contributed by atoms with E-state index in [1.807, 2.05) is 4.90 Å². The van der Waals surface area contributed by atoms with Crippen LogP contribution in [0, 0.1) is 0 Å². The topological polar surface area (TPSA) is 101 Å². The summed E-state index contributed by atoms with van der Waals surface area (Å²) >= 11 is 0. The number of hydrogen-bond acceptors (Lipinski definition) is 7. The normalized spacial score (nSPS) is 17.0. The fourth-order valence-electron chi connectivity index (χ4n) is 3.65. The highest BCUT2D eigenvalue weighted by atomic mass is 19.4. The van der Waals surface area contributed by atoms with Gasteiger partial charge in [0, 0.05) is 19.3 Å². The molecule has 0 aliphatic carbocycles. The Morgan fingerprint density at radius 2 is 1.91 bits per heavy atom. The molecule has 34 heavy (non-hydrogen) atoms. The van der Waals surface area contributed by atoms with Gasteiger partial charge in [-0.25, -0.2) is 9.78 Å². The summed E-state index contributed by atoms with van der Waals surface area (Å²) in [5, 5.41) is 2.33. The van der Waals surface area contributed by atoms with Crippen molar-refractivity contribution < 1.29 is 37.0 Å². The number of morpholine rings is 1. The zero-order valence-electron chi connectivity index (χ0n) is 18.1. The first-order valence-electron chi connectivity index (χ1n) is 10.5. The van der Waals surface area contributed by atoms with Crippen LogP contribution in [0.1, 0.15) is 22.8 Å². The summed E-state index contributed by atoms with van der Waals surface area (Å²) in [5.74, 6) is -1.53. The number of aromatic nitrogens is 1. The van der Waals surface area contributed by atoms with Crippen LogP contribution in [0.4, 0.5) is 30.4 Å². The number of alkyl halides is 3. The quantitative estimate of drug-likeness (QED) is 0.674. The first kappa shape index (κ1) is 23.5. The fraction of sp³-hybridized carbons (Fsp3) is 0.364. The molecule has 2 amide bonds. The van der Waals surface area contributed by atoms with Gasteiger partial charge in [-0.05, 0) is 37.3 Å². The Bertz CT molecular complexity index is 1100. The van der Waals surface area contributed by atoms with Crippen LogP contribution in [0.15, 0.2) is 36.5 Å². The molecule has 9 nitrogen and oxygen atoms in total. The Morgan fingerprint density at radius 1 is 1.18 bits per heavy atom. The molecule has 180 valence electrons. The van der Waals surface area contributed by atoms with Gasteiger partial charge < -0.3 is 19.7 Å². The van der Waals surface area contributed by atoms with Crippen molar-refractivity contribution in [2.45, 2.75) is 19.2 Å². The van der Waals surface area contributed by atoms with Gasteiger partial charge in [0.2, 0.25) is 5.91 Å². The van der Waals surface area contributed by atoms with Crippen LogP contribution < -0.4 is 15.1 Å². The lowest BCUT2D eigenvalue weighted by atomic mass is 10.1. The van der Waals surface area contributed by atoms with Crippen molar-refractivity contribution in [3.63, 3.8) is 0 Å². The van der Waals surface area contributed by atoms with E-state index >= 15 is 0 Å². The van der Waals surface area contributed by atoms with Gasteiger partial charge >= 0.3 is 12.1 Å². The molecule has 0 spiro atoms. The van der Waals surface area contributed by atoms with E-state index in [1.165, 1.54) is 19.2 Å². The number of esters is 1. The van der Waals surface area contributed by atoms with Gasteiger partial charge in [-0.1, -0.05) is 0 Å².